The van der Waals surface area contributed by atoms with Gasteiger partial charge in [-0.05, 0) is 32.3 Å². The first-order valence-electron chi connectivity index (χ1n) is 7.37. The van der Waals surface area contributed by atoms with E-state index in [4.69, 9.17) is 4.74 Å². The molecule has 0 amide bonds. The minimum absolute atomic E-state index is 0.0295. The van der Waals surface area contributed by atoms with Gasteiger partial charge in [-0.2, -0.15) is 13.2 Å². The molecule has 2 unspecified atom stereocenters. The molecule has 1 aliphatic carbocycles. The van der Waals surface area contributed by atoms with E-state index in [0.29, 0.717) is 6.42 Å². The summed E-state index contributed by atoms with van der Waals surface area (Å²) in [6.07, 6.45) is -2.23. The number of para-hydroxylation sites is 1. The van der Waals surface area contributed by atoms with E-state index < -0.39 is 12.1 Å². The maximum Gasteiger partial charge on any atom is 0.391 e. The van der Waals surface area contributed by atoms with Crippen LogP contribution in [0.25, 0.3) is 0 Å². The number of ether oxygens (including phenoxy) is 1. The fourth-order valence-corrected chi connectivity index (χ4v) is 3.11. The molecule has 1 aromatic rings. The highest BCUT2D eigenvalue weighted by Gasteiger charge is 2.42. The molecule has 1 saturated carbocycles. The number of hydrogen-bond acceptors (Lipinski definition) is 2. The summed E-state index contributed by atoms with van der Waals surface area (Å²) in [7, 11) is 1.60. The molecule has 0 aliphatic heterocycles. The Morgan fingerprint density at radius 3 is 2.62 bits per heavy atom. The quantitative estimate of drug-likeness (QED) is 0.886. The Labute approximate surface area is 123 Å². The van der Waals surface area contributed by atoms with E-state index in [1.165, 1.54) is 0 Å². The topological polar surface area (TPSA) is 21.3 Å². The van der Waals surface area contributed by atoms with Crippen molar-refractivity contribution >= 4 is 0 Å². The van der Waals surface area contributed by atoms with Gasteiger partial charge in [0.1, 0.15) is 5.75 Å². The molecule has 0 spiro atoms. The molecule has 2 nitrogen and oxygen atoms in total. The Hall–Kier alpha value is -1.23. The lowest BCUT2D eigenvalue weighted by molar-refractivity contribution is -0.183. The summed E-state index contributed by atoms with van der Waals surface area (Å²) >= 11 is 0. The third-order valence-corrected chi connectivity index (χ3v) is 4.23. The summed E-state index contributed by atoms with van der Waals surface area (Å²) in [5.74, 6) is -0.408. The molecule has 1 aromatic carbocycles. The number of nitrogens with one attached hydrogen (secondary N) is 1. The lowest BCUT2D eigenvalue weighted by atomic mass is 9.84. The van der Waals surface area contributed by atoms with Crippen LogP contribution in [0.2, 0.25) is 0 Å². The van der Waals surface area contributed by atoms with Crippen LogP contribution in [-0.4, -0.2) is 19.3 Å². The first-order valence-corrected chi connectivity index (χ1v) is 7.37. The van der Waals surface area contributed by atoms with Crippen LogP contribution in [0, 0.1) is 5.92 Å². The second-order valence-corrected chi connectivity index (χ2v) is 5.73. The highest BCUT2D eigenvalue weighted by atomic mass is 19.4. The zero-order valence-corrected chi connectivity index (χ0v) is 12.4. The van der Waals surface area contributed by atoms with Gasteiger partial charge in [-0.15, -0.1) is 0 Å². The minimum Gasteiger partial charge on any atom is -0.496 e. The van der Waals surface area contributed by atoms with Gasteiger partial charge in [0.05, 0.1) is 13.0 Å². The average molecular weight is 301 g/mol. The third kappa shape index (κ3) is 4.13. The second-order valence-electron chi connectivity index (χ2n) is 5.73. The van der Waals surface area contributed by atoms with Crippen molar-refractivity contribution in [3.05, 3.63) is 29.8 Å². The number of halogens is 3. The lowest BCUT2D eigenvalue weighted by Crippen LogP contribution is -2.39. The van der Waals surface area contributed by atoms with Crippen molar-refractivity contribution in [3.63, 3.8) is 0 Å². The Bertz CT molecular complexity index is 461. The molecule has 1 N–H and O–H groups in total. The van der Waals surface area contributed by atoms with Crippen molar-refractivity contribution in [1.82, 2.24) is 5.32 Å². The van der Waals surface area contributed by atoms with Crippen LogP contribution in [0.5, 0.6) is 5.75 Å². The van der Waals surface area contributed by atoms with Gasteiger partial charge < -0.3 is 10.1 Å². The van der Waals surface area contributed by atoms with Gasteiger partial charge in [0.25, 0.3) is 0 Å². The molecule has 0 aromatic heterocycles. The first-order chi connectivity index (χ1) is 9.91. The summed E-state index contributed by atoms with van der Waals surface area (Å²) in [6.45, 7) is 1.97. The van der Waals surface area contributed by atoms with Gasteiger partial charge in [-0.25, -0.2) is 0 Å². The van der Waals surface area contributed by atoms with Crippen molar-refractivity contribution in [1.29, 1.82) is 0 Å². The molecular weight excluding hydrogens is 279 g/mol. The van der Waals surface area contributed by atoms with Crippen LogP contribution in [0.15, 0.2) is 24.3 Å². The zero-order valence-electron chi connectivity index (χ0n) is 12.4. The van der Waals surface area contributed by atoms with Crippen molar-refractivity contribution < 1.29 is 17.9 Å². The standard InChI is InChI=1S/C16H22F3NO/c1-11(14-8-3-4-9-15(14)21-2)20-13-7-5-6-12(10-13)16(17,18)19/h3-4,8-9,11-13,20H,5-7,10H2,1-2H3/t11-,12?,13?/m1/s1. The number of alkyl halides is 3. The molecule has 0 saturated heterocycles. The normalized spacial score (nSPS) is 24.6. The van der Waals surface area contributed by atoms with Gasteiger partial charge in [0, 0.05) is 17.6 Å². The predicted molar refractivity (Wildman–Crippen MR) is 76.3 cm³/mol. The minimum atomic E-state index is -4.08. The Balaban J connectivity index is 2.00. The van der Waals surface area contributed by atoms with Crippen molar-refractivity contribution in [2.45, 2.75) is 50.9 Å². The molecule has 21 heavy (non-hydrogen) atoms. The van der Waals surface area contributed by atoms with Crippen molar-refractivity contribution in [2.24, 2.45) is 5.92 Å². The van der Waals surface area contributed by atoms with Gasteiger partial charge in [-0.1, -0.05) is 24.6 Å². The molecule has 118 valence electrons. The summed E-state index contributed by atoms with van der Waals surface area (Å²) in [4.78, 5) is 0. The average Bonchev–Trinajstić information content (AvgIpc) is 2.46. The first kappa shape index (κ1) is 16.1. The van der Waals surface area contributed by atoms with Crippen molar-refractivity contribution in [2.75, 3.05) is 7.11 Å². The molecule has 0 radical (unpaired) electrons. The molecule has 0 heterocycles. The highest BCUT2D eigenvalue weighted by molar-refractivity contribution is 5.35. The summed E-state index contributed by atoms with van der Waals surface area (Å²) in [5, 5.41) is 3.33. The lowest BCUT2D eigenvalue weighted by Gasteiger charge is -2.33. The van der Waals surface area contributed by atoms with Gasteiger partial charge >= 0.3 is 6.18 Å². The van der Waals surface area contributed by atoms with E-state index in [2.05, 4.69) is 5.32 Å². The molecule has 5 heteroatoms. The molecule has 1 fully saturated rings. The monoisotopic (exact) mass is 301 g/mol. The van der Waals surface area contributed by atoms with Crippen LogP contribution in [0.3, 0.4) is 0 Å². The van der Waals surface area contributed by atoms with E-state index in [1.807, 2.05) is 31.2 Å². The molecule has 3 atom stereocenters. The largest absolute Gasteiger partial charge is 0.496 e. The predicted octanol–water partition coefficient (Wildman–Crippen LogP) is 4.47. The van der Waals surface area contributed by atoms with Crippen LogP contribution in [-0.2, 0) is 0 Å². The van der Waals surface area contributed by atoms with E-state index >= 15 is 0 Å². The van der Waals surface area contributed by atoms with Gasteiger partial charge in [0.15, 0.2) is 0 Å². The summed E-state index contributed by atoms with van der Waals surface area (Å²) in [6, 6.07) is 7.49. The van der Waals surface area contributed by atoms with Crippen molar-refractivity contribution in [3.8, 4) is 5.75 Å². The zero-order chi connectivity index (χ0) is 15.5. The summed E-state index contributed by atoms with van der Waals surface area (Å²) < 4.78 is 43.8. The van der Waals surface area contributed by atoms with E-state index in [0.717, 1.165) is 17.7 Å². The number of benzene rings is 1. The van der Waals surface area contributed by atoms with E-state index in [9.17, 15) is 13.2 Å². The fraction of sp³-hybridized carbons (Fsp3) is 0.625. The van der Waals surface area contributed by atoms with Gasteiger partial charge in [-0.3, -0.25) is 0 Å². The van der Waals surface area contributed by atoms with E-state index in [1.54, 1.807) is 7.11 Å². The van der Waals surface area contributed by atoms with Crippen LogP contribution in [0.4, 0.5) is 13.2 Å². The molecule has 2 rings (SSSR count). The maximum atomic E-state index is 12.8. The Morgan fingerprint density at radius 2 is 1.95 bits per heavy atom. The molecular formula is C16H22F3NO. The maximum absolute atomic E-state index is 12.8. The Morgan fingerprint density at radius 1 is 1.24 bits per heavy atom. The van der Waals surface area contributed by atoms with E-state index in [-0.39, 0.29) is 24.9 Å². The number of hydrogen-bond donors (Lipinski definition) is 1. The number of rotatable bonds is 4. The van der Waals surface area contributed by atoms with Gasteiger partial charge in [0.2, 0.25) is 0 Å². The molecule has 1 aliphatic rings. The number of methoxy groups -OCH3 is 1. The fourth-order valence-electron chi connectivity index (χ4n) is 3.11. The summed E-state index contributed by atoms with van der Waals surface area (Å²) in [5.41, 5.74) is 0.981. The molecule has 0 bridgehead atoms. The smallest absolute Gasteiger partial charge is 0.391 e. The van der Waals surface area contributed by atoms with Crippen LogP contribution < -0.4 is 10.1 Å². The SMILES string of the molecule is COc1ccccc1[C@@H](C)NC1CCCC(C(F)(F)F)C1. The second kappa shape index (κ2) is 6.69. The van der Waals surface area contributed by atoms with Crippen LogP contribution in [0.1, 0.15) is 44.2 Å². The highest BCUT2D eigenvalue weighted by Crippen LogP contribution is 2.38. The Kier molecular flexibility index (Phi) is 5.14. The van der Waals surface area contributed by atoms with Crippen LogP contribution >= 0.6 is 0 Å². The third-order valence-electron chi connectivity index (χ3n) is 4.23.